The third-order valence-corrected chi connectivity index (χ3v) is 6.49. The summed E-state index contributed by atoms with van der Waals surface area (Å²) in [6.07, 6.45) is 7.17. The summed E-state index contributed by atoms with van der Waals surface area (Å²) in [5, 5.41) is 9.83. The van der Waals surface area contributed by atoms with Gasteiger partial charge in [0.25, 0.3) is 0 Å². The van der Waals surface area contributed by atoms with E-state index in [-0.39, 0.29) is 30.9 Å². The predicted octanol–water partition coefficient (Wildman–Crippen LogP) is 3.99. The van der Waals surface area contributed by atoms with Crippen LogP contribution in [0.2, 0.25) is 0 Å². The van der Waals surface area contributed by atoms with Gasteiger partial charge >= 0.3 is 0 Å². The number of nitrogens with zero attached hydrogens (tertiary/aromatic N) is 2. The highest BCUT2D eigenvalue weighted by molar-refractivity contribution is 5.85. The highest BCUT2D eigenvalue weighted by atomic mass is 35.5. The fourth-order valence-electron chi connectivity index (χ4n) is 5.16. The highest BCUT2D eigenvalue weighted by Gasteiger charge is 2.40. The summed E-state index contributed by atoms with van der Waals surface area (Å²) in [5.41, 5.74) is 1.31. The Morgan fingerprint density at radius 3 is 2.32 bits per heavy atom. The van der Waals surface area contributed by atoms with Gasteiger partial charge < -0.3 is 14.7 Å². The normalized spacial score (nSPS) is 27.7. The van der Waals surface area contributed by atoms with Gasteiger partial charge in [0.05, 0.1) is 12.7 Å². The van der Waals surface area contributed by atoms with Crippen molar-refractivity contribution in [2.45, 2.75) is 51.2 Å². The Bertz CT molecular complexity index is 569. The van der Waals surface area contributed by atoms with Crippen molar-refractivity contribution in [1.29, 1.82) is 0 Å². The Hall–Kier alpha value is -0.520. The second-order valence-corrected chi connectivity index (χ2v) is 8.55. The molecule has 2 aliphatic heterocycles. The highest BCUT2D eigenvalue weighted by Crippen LogP contribution is 2.38. The molecule has 28 heavy (non-hydrogen) atoms. The molecule has 2 saturated heterocycles. The molecule has 0 spiro atoms. The first kappa shape index (κ1) is 23.8. The molecule has 3 atom stereocenters. The average molecular weight is 431 g/mol. The summed E-state index contributed by atoms with van der Waals surface area (Å²) >= 11 is 0. The minimum Gasteiger partial charge on any atom is -0.493 e. The molecule has 4 nitrogen and oxygen atoms in total. The molecule has 4 rings (SSSR count). The molecule has 1 saturated carbocycles. The van der Waals surface area contributed by atoms with Gasteiger partial charge in [-0.15, -0.1) is 24.8 Å². The van der Waals surface area contributed by atoms with Gasteiger partial charge in [0.1, 0.15) is 5.75 Å². The zero-order valence-corrected chi connectivity index (χ0v) is 18.4. The third-order valence-electron chi connectivity index (χ3n) is 6.49. The summed E-state index contributed by atoms with van der Waals surface area (Å²) in [6.45, 7) is 7.75. The quantitative estimate of drug-likeness (QED) is 0.663. The summed E-state index contributed by atoms with van der Waals surface area (Å²) in [4.78, 5) is 5.13. The number of aliphatic hydroxyl groups is 1. The van der Waals surface area contributed by atoms with Gasteiger partial charge in [-0.05, 0) is 63.1 Å². The van der Waals surface area contributed by atoms with E-state index in [1.807, 2.05) is 0 Å². The van der Waals surface area contributed by atoms with Crippen molar-refractivity contribution >= 4 is 24.8 Å². The Balaban J connectivity index is 0.00000140. The number of likely N-dealkylation sites (tertiary alicyclic amines) is 2. The molecule has 0 amide bonds. The summed E-state index contributed by atoms with van der Waals surface area (Å²) in [5.74, 6) is 2.45. The molecule has 1 unspecified atom stereocenters. The molecule has 0 aromatic heterocycles. The average Bonchev–Trinajstić information content (AvgIpc) is 3.17. The number of ether oxygens (including phenoxy) is 1. The molecule has 0 radical (unpaired) electrons. The number of piperidine rings is 1. The minimum atomic E-state index is -0.0531. The minimum absolute atomic E-state index is 0. The lowest BCUT2D eigenvalue weighted by molar-refractivity contribution is 0.160. The fourth-order valence-corrected chi connectivity index (χ4v) is 5.16. The smallest absolute Gasteiger partial charge is 0.123 e. The largest absolute Gasteiger partial charge is 0.493 e. The molecular weight excluding hydrogens is 395 g/mol. The van der Waals surface area contributed by atoms with Crippen molar-refractivity contribution in [2.24, 2.45) is 11.8 Å². The number of aliphatic hydroxyl groups excluding tert-OH is 1. The summed E-state index contributed by atoms with van der Waals surface area (Å²) in [7, 11) is 0. The second kappa shape index (κ2) is 11.6. The monoisotopic (exact) mass is 430 g/mol. The SMILES string of the molecule is Cl.Cl.OC1C[C@@H]2CN(Cc3ccccc3OCCCN3CCCCC3)C[C@@H]2C1. The van der Waals surface area contributed by atoms with E-state index in [1.165, 1.54) is 44.5 Å². The molecule has 1 aliphatic carbocycles. The van der Waals surface area contributed by atoms with E-state index in [0.29, 0.717) is 11.8 Å². The molecule has 3 fully saturated rings. The standard InChI is InChI=1S/C22H34N2O2.2ClH/c25-21-13-19-16-24(17-20(19)14-21)15-18-7-2-3-8-22(18)26-12-6-11-23-9-4-1-5-10-23;;/h2-3,7-8,19-21,25H,1,4-6,9-17H2;2*1H/t19-,20+,21?;;. The van der Waals surface area contributed by atoms with Crippen LogP contribution in [0.15, 0.2) is 24.3 Å². The van der Waals surface area contributed by atoms with Crippen LogP contribution in [-0.4, -0.2) is 60.3 Å². The van der Waals surface area contributed by atoms with E-state index in [1.54, 1.807) is 0 Å². The number of rotatable bonds is 7. The van der Waals surface area contributed by atoms with Crippen LogP contribution < -0.4 is 4.74 Å². The van der Waals surface area contributed by atoms with Crippen LogP contribution in [0.3, 0.4) is 0 Å². The molecule has 0 bridgehead atoms. The lowest BCUT2D eigenvalue weighted by atomic mass is 10.0. The Labute approximate surface area is 182 Å². The number of hydrogen-bond acceptors (Lipinski definition) is 4. The second-order valence-electron chi connectivity index (χ2n) is 8.55. The van der Waals surface area contributed by atoms with Crippen molar-refractivity contribution in [3.8, 4) is 5.75 Å². The maximum absolute atomic E-state index is 9.83. The maximum atomic E-state index is 9.83. The lowest BCUT2D eigenvalue weighted by Crippen LogP contribution is -2.31. The molecule has 1 N–H and O–H groups in total. The van der Waals surface area contributed by atoms with E-state index in [9.17, 15) is 5.11 Å². The Morgan fingerprint density at radius 2 is 1.61 bits per heavy atom. The fraction of sp³-hybridized carbons (Fsp3) is 0.727. The first-order valence-electron chi connectivity index (χ1n) is 10.6. The van der Waals surface area contributed by atoms with Gasteiger partial charge in [0.2, 0.25) is 0 Å². The molecule has 6 heteroatoms. The first-order valence-corrected chi connectivity index (χ1v) is 10.6. The van der Waals surface area contributed by atoms with Crippen LogP contribution in [0.25, 0.3) is 0 Å². The van der Waals surface area contributed by atoms with Crippen LogP contribution in [0, 0.1) is 11.8 Å². The summed E-state index contributed by atoms with van der Waals surface area (Å²) < 4.78 is 6.16. The summed E-state index contributed by atoms with van der Waals surface area (Å²) in [6, 6.07) is 8.54. The molecule has 160 valence electrons. The maximum Gasteiger partial charge on any atom is 0.123 e. The molecule has 1 aromatic rings. The van der Waals surface area contributed by atoms with Crippen molar-refractivity contribution in [3.05, 3.63) is 29.8 Å². The zero-order chi connectivity index (χ0) is 17.8. The van der Waals surface area contributed by atoms with Crippen LogP contribution >= 0.6 is 24.8 Å². The van der Waals surface area contributed by atoms with E-state index < -0.39 is 0 Å². The van der Waals surface area contributed by atoms with Crippen LogP contribution in [0.1, 0.15) is 44.1 Å². The Morgan fingerprint density at radius 1 is 0.929 bits per heavy atom. The Kier molecular flexibility index (Phi) is 9.85. The number of para-hydroxylation sites is 1. The number of benzene rings is 1. The molecular formula is C22H36Cl2N2O2. The zero-order valence-electron chi connectivity index (χ0n) is 16.8. The van der Waals surface area contributed by atoms with Crippen LogP contribution in [-0.2, 0) is 6.54 Å². The van der Waals surface area contributed by atoms with Crippen molar-refractivity contribution < 1.29 is 9.84 Å². The topological polar surface area (TPSA) is 35.9 Å². The van der Waals surface area contributed by atoms with Crippen molar-refractivity contribution in [2.75, 3.05) is 39.3 Å². The van der Waals surface area contributed by atoms with Gasteiger partial charge in [0, 0.05) is 31.7 Å². The van der Waals surface area contributed by atoms with E-state index >= 15 is 0 Å². The van der Waals surface area contributed by atoms with Gasteiger partial charge in [-0.1, -0.05) is 24.6 Å². The lowest BCUT2D eigenvalue weighted by Gasteiger charge is -2.26. The third kappa shape index (κ3) is 6.24. The van der Waals surface area contributed by atoms with Gasteiger partial charge in [-0.3, -0.25) is 4.90 Å². The van der Waals surface area contributed by atoms with Gasteiger partial charge in [0.15, 0.2) is 0 Å². The van der Waals surface area contributed by atoms with E-state index in [0.717, 1.165) is 51.3 Å². The number of hydrogen-bond donors (Lipinski definition) is 1. The van der Waals surface area contributed by atoms with Crippen molar-refractivity contribution in [3.63, 3.8) is 0 Å². The van der Waals surface area contributed by atoms with E-state index in [2.05, 4.69) is 34.1 Å². The molecule has 3 aliphatic rings. The van der Waals surface area contributed by atoms with Crippen LogP contribution in [0.5, 0.6) is 5.75 Å². The molecule has 2 heterocycles. The van der Waals surface area contributed by atoms with Crippen LogP contribution in [0.4, 0.5) is 0 Å². The number of halogens is 2. The van der Waals surface area contributed by atoms with Gasteiger partial charge in [-0.2, -0.15) is 0 Å². The number of fused-ring (bicyclic) bond motifs is 1. The van der Waals surface area contributed by atoms with E-state index in [4.69, 9.17) is 4.74 Å². The van der Waals surface area contributed by atoms with Gasteiger partial charge in [-0.25, -0.2) is 0 Å². The first-order chi connectivity index (χ1) is 12.8. The van der Waals surface area contributed by atoms with Crippen molar-refractivity contribution in [1.82, 2.24) is 9.80 Å². The predicted molar refractivity (Wildman–Crippen MR) is 119 cm³/mol. The molecule has 1 aromatic carbocycles.